The van der Waals surface area contributed by atoms with E-state index in [1.165, 1.54) is 18.3 Å². The van der Waals surface area contributed by atoms with E-state index in [0.29, 0.717) is 5.69 Å². The summed E-state index contributed by atoms with van der Waals surface area (Å²) in [6.45, 7) is 1.97. The van der Waals surface area contributed by atoms with E-state index in [0.717, 1.165) is 11.3 Å². The lowest BCUT2D eigenvalue weighted by molar-refractivity contribution is 0.601. The number of aryl methyl sites for hydroxylation is 1. The number of nitrogens with one attached hydrogen (secondary N) is 1. The Hall–Kier alpha value is -2.28. The monoisotopic (exact) mass is 306 g/mol. The standard InChI is InChI=1S/C14H18N4O2S/c1-10-4-5-11(8-13(10)18(2)3)17-21(19,20)12-6-7-16-14(15)9-12/h4-9,17H,1-3H3,(H2,15,16). The molecule has 3 N–H and O–H groups in total. The molecule has 1 aromatic carbocycles. The third-order valence-corrected chi connectivity index (χ3v) is 4.38. The maximum absolute atomic E-state index is 12.3. The van der Waals surface area contributed by atoms with Crippen molar-refractivity contribution in [3.63, 3.8) is 0 Å². The van der Waals surface area contributed by atoms with Crippen LogP contribution in [-0.4, -0.2) is 27.5 Å². The highest BCUT2D eigenvalue weighted by Gasteiger charge is 2.15. The number of rotatable bonds is 4. The molecule has 0 fully saturated rings. The van der Waals surface area contributed by atoms with Gasteiger partial charge in [-0.25, -0.2) is 13.4 Å². The molecular formula is C14H18N4O2S. The number of sulfonamides is 1. The van der Waals surface area contributed by atoms with E-state index < -0.39 is 10.0 Å². The van der Waals surface area contributed by atoms with Gasteiger partial charge in [-0.15, -0.1) is 0 Å². The van der Waals surface area contributed by atoms with Gasteiger partial charge in [0.25, 0.3) is 10.0 Å². The smallest absolute Gasteiger partial charge is 0.262 e. The molecule has 0 bridgehead atoms. The Balaban J connectivity index is 2.35. The molecule has 0 atom stereocenters. The van der Waals surface area contributed by atoms with Crippen molar-refractivity contribution < 1.29 is 8.42 Å². The Bertz CT molecular complexity index is 757. The van der Waals surface area contributed by atoms with Crippen LogP contribution in [0.15, 0.2) is 41.4 Å². The Morgan fingerprint density at radius 3 is 2.52 bits per heavy atom. The van der Waals surface area contributed by atoms with Crippen molar-refractivity contribution in [1.29, 1.82) is 0 Å². The SMILES string of the molecule is Cc1ccc(NS(=O)(=O)c2ccnc(N)c2)cc1N(C)C. The van der Waals surface area contributed by atoms with E-state index in [2.05, 4.69) is 9.71 Å². The van der Waals surface area contributed by atoms with E-state index in [-0.39, 0.29) is 10.7 Å². The van der Waals surface area contributed by atoms with Crippen LogP contribution in [-0.2, 0) is 10.0 Å². The Kier molecular flexibility index (Phi) is 4.04. The molecule has 1 heterocycles. The van der Waals surface area contributed by atoms with Gasteiger partial charge in [-0.1, -0.05) is 6.07 Å². The molecule has 0 saturated carbocycles. The van der Waals surface area contributed by atoms with Crippen LogP contribution in [0.5, 0.6) is 0 Å². The molecule has 1 aromatic heterocycles. The van der Waals surface area contributed by atoms with Crippen LogP contribution < -0.4 is 15.4 Å². The average Bonchev–Trinajstić information content (AvgIpc) is 2.40. The second-order valence-electron chi connectivity index (χ2n) is 4.92. The van der Waals surface area contributed by atoms with Gasteiger partial charge in [0, 0.05) is 32.0 Å². The van der Waals surface area contributed by atoms with Crippen molar-refractivity contribution >= 4 is 27.2 Å². The van der Waals surface area contributed by atoms with Crippen molar-refractivity contribution in [1.82, 2.24) is 4.98 Å². The largest absolute Gasteiger partial charge is 0.384 e. The number of benzene rings is 1. The van der Waals surface area contributed by atoms with E-state index in [1.807, 2.05) is 32.0 Å². The second-order valence-corrected chi connectivity index (χ2v) is 6.60. The number of pyridine rings is 1. The number of nitrogens with zero attached hydrogens (tertiary/aromatic N) is 2. The van der Waals surface area contributed by atoms with Crippen LogP contribution in [0.4, 0.5) is 17.2 Å². The molecule has 0 amide bonds. The summed E-state index contributed by atoms with van der Waals surface area (Å²) >= 11 is 0. The maximum Gasteiger partial charge on any atom is 0.262 e. The molecule has 0 saturated heterocycles. The molecule has 0 aliphatic heterocycles. The van der Waals surface area contributed by atoms with E-state index in [4.69, 9.17) is 5.73 Å². The Morgan fingerprint density at radius 2 is 1.90 bits per heavy atom. The van der Waals surface area contributed by atoms with Gasteiger partial charge in [0.2, 0.25) is 0 Å². The fourth-order valence-electron chi connectivity index (χ4n) is 1.96. The summed E-state index contributed by atoms with van der Waals surface area (Å²) in [5.74, 6) is 0.163. The number of hydrogen-bond acceptors (Lipinski definition) is 5. The molecule has 0 aliphatic rings. The van der Waals surface area contributed by atoms with Crippen LogP contribution in [0.3, 0.4) is 0 Å². The molecule has 2 rings (SSSR count). The molecule has 7 heteroatoms. The number of hydrogen-bond donors (Lipinski definition) is 2. The zero-order valence-corrected chi connectivity index (χ0v) is 13.0. The van der Waals surface area contributed by atoms with E-state index in [9.17, 15) is 8.42 Å². The summed E-state index contributed by atoms with van der Waals surface area (Å²) in [7, 11) is 0.134. The number of nitrogens with two attached hydrogens (primary N) is 1. The summed E-state index contributed by atoms with van der Waals surface area (Å²) in [6, 6.07) is 8.11. The van der Waals surface area contributed by atoms with Crippen LogP contribution in [0.1, 0.15) is 5.56 Å². The molecule has 0 aliphatic carbocycles. The fraction of sp³-hybridized carbons (Fsp3) is 0.214. The van der Waals surface area contributed by atoms with Crippen molar-refractivity contribution in [2.45, 2.75) is 11.8 Å². The Morgan fingerprint density at radius 1 is 1.19 bits per heavy atom. The normalized spacial score (nSPS) is 11.2. The molecule has 2 aromatic rings. The second kappa shape index (κ2) is 5.61. The molecule has 21 heavy (non-hydrogen) atoms. The van der Waals surface area contributed by atoms with Gasteiger partial charge in [0.05, 0.1) is 10.6 Å². The van der Waals surface area contributed by atoms with Crippen molar-refractivity contribution in [3.05, 3.63) is 42.1 Å². The predicted octanol–water partition coefficient (Wildman–Crippen LogP) is 1.84. The summed E-state index contributed by atoms with van der Waals surface area (Å²) < 4.78 is 27.2. The minimum Gasteiger partial charge on any atom is -0.384 e. The van der Waals surface area contributed by atoms with Gasteiger partial charge < -0.3 is 10.6 Å². The summed E-state index contributed by atoms with van der Waals surface area (Å²) in [5, 5.41) is 0. The van der Waals surface area contributed by atoms with E-state index in [1.54, 1.807) is 12.1 Å². The van der Waals surface area contributed by atoms with Crippen LogP contribution in [0.2, 0.25) is 0 Å². The summed E-state index contributed by atoms with van der Waals surface area (Å²) in [6.07, 6.45) is 1.37. The van der Waals surface area contributed by atoms with Crippen LogP contribution >= 0.6 is 0 Å². The fourth-order valence-corrected chi connectivity index (χ4v) is 3.03. The quantitative estimate of drug-likeness (QED) is 0.900. The number of nitrogen functional groups attached to an aromatic ring is 1. The zero-order chi connectivity index (χ0) is 15.6. The highest BCUT2D eigenvalue weighted by atomic mass is 32.2. The van der Waals surface area contributed by atoms with Crippen molar-refractivity contribution in [2.24, 2.45) is 0 Å². The van der Waals surface area contributed by atoms with E-state index >= 15 is 0 Å². The zero-order valence-electron chi connectivity index (χ0n) is 12.2. The predicted molar refractivity (Wildman–Crippen MR) is 85.0 cm³/mol. The van der Waals surface area contributed by atoms with Crippen LogP contribution in [0, 0.1) is 6.92 Å². The van der Waals surface area contributed by atoms with Gasteiger partial charge in [-0.2, -0.15) is 0 Å². The first kappa shape index (κ1) is 15.1. The number of anilines is 3. The Labute approximate surface area is 124 Å². The molecule has 6 nitrogen and oxygen atoms in total. The lowest BCUT2D eigenvalue weighted by Crippen LogP contribution is -2.15. The topological polar surface area (TPSA) is 88.3 Å². The molecule has 0 radical (unpaired) electrons. The van der Waals surface area contributed by atoms with Gasteiger partial charge in [-0.3, -0.25) is 4.72 Å². The third kappa shape index (κ3) is 3.43. The molecule has 0 spiro atoms. The van der Waals surface area contributed by atoms with Crippen molar-refractivity contribution in [3.8, 4) is 0 Å². The third-order valence-electron chi connectivity index (χ3n) is 3.01. The first-order chi connectivity index (χ1) is 9.79. The maximum atomic E-state index is 12.3. The summed E-state index contributed by atoms with van der Waals surface area (Å²) in [5.41, 5.74) is 8.04. The minimum atomic E-state index is -3.68. The van der Waals surface area contributed by atoms with Crippen molar-refractivity contribution in [2.75, 3.05) is 29.5 Å². The lowest BCUT2D eigenvalue weighted by Gasteiger charge is -2.17. The molecule has 112 valence electrons. The van der Waals surface area contributed by atoms with Gasteiger partial charge in [0.1, 0.15) is 5.82 Å². The van der Waals surface area contributed by atoms with Gasteiger partial charge in [-0.05, 0) is 30.7 Å². The molecular weight excluding hydrogens is 288 g/mol. The van der Waals surface area contributed by atoms with Crippen LogP contribution in [0.25, 0.3) is 0 Å². The lowest BCUT2D eigenvalue weighted by atomic mass is 10.2. The number of aromatic nitrogens is 1. The van der Waals surface area contributed by atoms with Gasteiger partial charge in [0.15, 0.2) is 0 Å². The minimum absolute atomic E-state index is 0.0852. The first-order valence-electron chi connectivity index (χ1n) is 6.32. The average molecular weight is 306 g/mol. The summed E-state index contributed by atoms with van der Waals surface area (Å²) in [4.78, 5) is 5.80. The first-order valence-corrected chi connectivity index (χ1v) is 7.80. The highest BCUT2D eigenvalue weighted by molar-refractivity contribution is 7.92. The van der Waals surface area contributed by atoms with Gasteiger partial charge >= 0.3 is 0 Å². The molecule has 0 unspecified atom stereocenters. The highest BCUT2D eigenvalue weighted by Crippen LogP contribution is 2.24.